The molecule has 0 spiro atoms. The standard InChI is InChI=1S/C22H22O6.C20H16O4.C19H14N2O4.C16H16N2O2.C13H12O4/c1-12-5-13(2)21-18(6-12)20(22(23)28-21)17-7-14(24-8-15-9-25-15)3-4-19(17)27-11-16-10-26-16;1-4-18(21)23-15-7-5-14(6-8-15)11-17-16-10-12(2)9-13(3)19(16)24-20(17)22;1-10-4-11(2)18-15(5-10)17(19(24)25-18)14-6-13(20-8-22)7-16(12(14)3)21-9-23;1-8-5-9(2)15-12(6-8)14(16(19)20-15)11-7-10(17)3-4-13(11)18;1-3-16-12(14)7-10-9-6-8(2)4-5-11(9)17-13(10)15/h3-7,15-16,20H,8-11H2,1-2H3;4-11H,1H2,2-3H3;4-7,17H,1-3H3;3-7,14H,17-18H2,1-2H3;3-6,10H,1,7H2,2H3/b;17-11-;;;. The van der Waals surface area contributed by atoms with Crippen molar-refractivity contribution in [2.75, 3.05) is 37.9 Å². The lowest BCUT2D eigenvalue weighted by molar-refractivity contribution is -0.143. The number of aliphatic imine (C=N–C) groups is 2. The topological polar surface area (TPSA) is 339 Å². The molecule has 2 saturated heterocycles. The summed E-state index contributed by atoms with van der Waals surface area (Å²) in [6.45, 7) is 28.3. The number of nitrogen functional groups attached to an aromatic ring is 2. The average Bonchev–Trinajstić information content (AvgIpc) is 1.62. The number of esters is 7. The van der Waals surface area contributed by atoms with Gasteiger partial charge in [0.1, 0.15) is 89.2 Å². The maximum atomic E-state index is 12.8. The molecule has 9 aromatic rings. The number of rotatable bonds is 17. The Labute approximate surface area is 656 Å². The molecule has 6 atom stereocenters. The summed E-state index contributed by atoms with van der Waals surface area (Å²) in [6.07, 6.45) is 7.13. The van der Waals surface area contributed by atoms with Crippen molar-refractivity contribution in [3.8, 4) is 46.0 Å². The second-order valence-corrected chi connectivity index (χ2v) is 28.2. The molecule has 7 aliphatic rings. The van der Waals surface area contributed by atoms with Crippen LogP contribution in [0.25, 0.3) is 11.6 Å². The molecule has 580 valence electrons. The first-order valence-corrected chi connectivity index (χ1v) is 36.3. The first-order valence-electron chi connectivity index (χ1n) is 36.3. The molecule has 9 aromatic carbocycles. The molecule has 0 bridgehead atoms. The molecule has 6 unspecified atom stereocenters. The van der Waals surface area contributed by atoms with Gasteiger partial charge >= 0.3 is 41.8 Å². The number of hydrogen-bond donors (Lipinski definition) is 2. The highest BCUT2D eigenvalue weighted by atomic mass is 16.6. The molecule has 24 nitrogen and oxygen atoms in total. The van der Waals surface area contributed by atoms with Gasteiger partial charge in [-0.05, 0) is 198 Å². The minimum absolute atomic E-state index is 0.0265. The highest BCUT2D eigenvalue weighted by Gasteiger charge is 2.42. The van der Waals surface area contributed by atoms with Gasteiger partial charge in [-0.1, -0.05) is 102 Å². The molecule has 7 heterocycles. The number of carbonyl (C=O) groups excluding carboxylic acids is 9. The van der Waals surface area contributed by atoms with E-state index in [2.05, 4.69) is 27.9 Å². The van der Waals surface area contributed by atoms with Crippen LogP contribution in [-0.2, 0) is 57.4 Å². The fourth-order valence-electron chi connectivity index (χ4n) is 14.1. The highest BCUT2D eigenvalue weighted by Crippen LogP contribution is 2.49. The van der Waals surface area contributed by atoms with E-state index >= 15 is 0 Å². The summed E-state index contributed by atoms with van der Waals surface area (Å²) in [5, 5.41) is 0. The number of aryl methyl sites for hydroxylation is 9. The van der Waals surface area contributed by atoms with E-state index in [1.165, 1.54) is 18.2 Å². The van der Waals surface area contributed by atoms with Gasteiger partial charge < -0.3 is 63.6 Å². The number of benzene rings is 9. The summed E-state index contributed by atoms with van der Waals surface area (Å²) in [4.78, 5) is 112. The van der Waals surface area contributed by atoms with Gasteiger partial charge in [0.15, 0.2) is 0 Å². The van der Waals surface area contributed by atoms with Crippen LogP contribution >= 0.6 is 0 Å². The molecule has 16 rings (SSSR count). The van der Waals surface area contributed by atoms with Crippen LogP contribution in [0, 0.1) is 69.2 Å². The minimum Gasteiger partial charge on any atom is -0.491 e. The zero-order valence-corrected chi connectivity index (χ0v) is 64.1. The molecule has 24 heteroatoms. The van der Waals surface area contributed by atoms with Crippen molar-refractivity contribution < 1.29 is 95.3 Å². The number of nitrogens with two attached hydrogens (primary N) is 2. The summed E-state index contributed by atoms with van der Waals surface area (Å²) >= 11 is 0. The molecule has 7 aliphatic heterocycles. The van der Waals surface area contributed by atoms with E-state index in [1.807, 2.05) is 141 Å². The predicted molar refractivity (Wildman–Crippen MR) is 421 cm³/mol. The second kappa shape index (κ2) is 34.3. The lowest BCUT2D eigenvalue weighted by Crippen LogP contribution is -2.15. The third-order valence-corrected chi connectivity index (χ3v) is 19.3. The Morgan fingerprint density at radius 1 is 0.509 bits per heavy atom. The molecule has 4 N–H and O–H groups in total. The molecule has 0 saturated carbocycles. The van der Waals surface area contributed by atoms with Crippen LogP contribution in [0.1, 0.15) is 136 Å². The molecular formula is C90H80N4O20. The van der Waals surface area contributed by atoms with Crippen molar-refractivity contribution in [2.45, 2.75) is 112 Å². The molecule has 0 aliphatic carbocycles. The normalized spacial score (nSPS) is 17.8. The fourth-order valence-corrected chi connectivity index (χ4v) is 14.1. The molecule has 0 amide bonds. The van der Waals surface area contributed by atoms with E-state index in [4.69, 9.17) is 58.8 Å². The molecular weight excluding hydrogens is 1460 g/mol. The van der Waals surface area contributed by atoms with Gasteiger partial charge in [-0.15, -0.1) is 0 Å². The summed E-state index contributed by atoms with van der Waals surface area (Å²) in [7, 11) is 0. The van der Waals surface area contributed by atoms with Crippen LogP contribution in [0.15, 0.2) is 175 Å². The number of ether oxygens (including phenoxy) is 11. The van der Waals surface area contributed by atoms with E-state index in [0.29, 0.717) is 105 Å². The van der Waals surface area contributed by atoms with Crippen molar-refractivity contribution in [1.82, 2.24) is 0 Å². The third kappa shape index (κ3) is 18.2. The Kier molecular flexibility index (Phi) is 24.1. The van der Waals surface area contributed by atoms with Gasteiger partial charge in [0.2, 0.25) is 12.2 Å². The number of nitrogens with zero attached hydrogens (tertiary/aromatic N) is 2. The van der Waals surface area contributed by atoms with Crippen LogP contribution in [0.2, 0.25) is 0 Å². The molecule has 0 radical (unpaired) electrons. The predicted octanol–water partition coefficient (Wildman–Crippen LogP) is 15.0. The van der Waals surface area contributed by atoms with Crippen molar-refractivity contribution in [1.29, 1.82) is 0 Å². The Balaban J connectivity index is 0.000000133. The first kappa shape index (κ1) is 79.9. The van der Waals surface area contributed by atoms with Gasteiger partial charge in [-0.25, -0.2) is 19.2 Å². The summed E-state index contributed by atoms with van der Waals surface area (Å²) in [6, 6.07) is 41.9. The minimum atomic E-state index is -0.670. The SMILES string of the molecule is C=CC(=O)Oc1ccc(/C=C2\C(=O)Oc3c(C)cc(C)cc32)cc1.C=COC(=O)CC1C(=O)Oc2ccc(C)cc21.Cc1cc(C)c2c(c1)C(c1cc(N)ccc1N)C(=O)O2.Cc1cc(C)c2c(c1)C(c1cc(N=C=O)cc(N=C=O)c1C)C(=O)O2.Cc1cc(C)c2c(c1)C(c1cc(OCC3CO3)ccc1OCC1CO1)C(=O)O2. The Bertz CT molecular complexity index is 5580. The highest BCUT2D eigenvalue weighted by molar-refractivity contribution is 6.26. The molecule has 0 aromatic heterocycles. The summed E-state index contributed by atoms with van der Waals surface area (Å²) < 4.78 is 58.9. The van der Waals surface area contributed by atoms with E-state index in [0.717, 1.165) is 108 Å². The van der Waals surface area contributed by atoms with Crippen LogP contribution < -0.4 is 49.4 Å². The quantitative estimate of drug-likeness (QED) is 0.0125. The number of hydrogen-bond acceptors (Lipinski definition) is 24. The Hall–Kier alpha value is -13.6. The maximum Gasteiger partial charge on any atom is 0.344 e. The zero-order valence-electron chi connectivity index (χ0n) is 64.1. The monoisotopic (exact) mass is 1540 g/mol. The van der Waals surface area contributed by atoms with Gasteiger partial charge in [0, 0.05) is 50.8 Å². The van der Waals surface area contributed by atoms with E-state index in [-0.39, 0.29) is 42.2 Å². The van der Waals surface area contributed by atoms with Crippen LogP contribution in [-0.4, -0.2) is 92.6 Å². The number of epoxide rings is 2. The summed E-state index contributed by atoms with van der Waals surface area (Å²) in [5.74, 6) is -0.315. The lowest BCUT2D eigenvalue weighted by atomic mass is 9.87. The number of anilines is 2. The van der Waals surface area contributed by atoms with Crippen LogP contribution in [0.5, 0.6) is 46.0 Å². The van der Waals surface area contributed by atoms with Gasteiger partial charge in [0.05, 0.1) is 48.8 Å². The lowest BCUT2D eigenvalue weighted by Gasteiger charge is -2.17. The molecule has 2 fully saturated rings. The Morgan fingerprint density at radius 3 is 1.59 bits per heavy atom. The average molecular weight is 1540 g/mol. The third-order valence-electron chi connectivity index (χ3n) is 19.3. The Morgan fingerprint density at radius 2 is 1.04 bits per heavy atom. The van der Waals surface area contributed by atoms with Crippen LogP contribution in [0.3, 0.4) is 0 Å². The van der Waals surface area contributed by atoms with Crippen molar-refractivity contribution in [3.05, 3.63) is 271 Å². The van der Waals surface area contributed by atoms with E-state index < -0.39 is 47.5 Å². The van der Waals surface area contributed by atoms with E-state index in [9.17, 15) is 43.2 Å². The number of isocyanates is 2. The van der Waals surface area contributed by atoms with Gasteiger partial charge in [-0.3, -0.25) is 24.0 Å². The first-order chi connectivity index (χ1) is 54.6. The van der Waals surface area contributed by atoms with Crippen molar-refractivity contribution in [2.24, 2.45) is 9.98 Å². The van der Waals surface area contributed by atoms with Crippen molar-refractivity contribution in [3.63, 3.8) is 0 Å². The fraction of sp³-hybridized carbons (Fsp3) is 0.233. The van der Waals surface area contributed by atoms with Gasteiger partial charge in [0.25, 0.3) is 0 Å². The van der Waals surface area contributed by atoms with Crippen LogP contribution in [0.4, 0.5) is 22.7 Å². The number of fused-ring (bicyclic) bond motifs is 5. The maximum absolute atomic E-state index is 12.8. The largest absolute Gasteiger partial charge is 0.491 e. The van der Waals surface area contributed by atoms with E-state index in [1.54, 1.807) is 67.6 Å². The zero-order chi connectivity index (χ0) is 81.5. The number of carbonyl (C=O) groups is 7. The van der Waals surface area contributed by atoms with Crippen molar-refractivity contribution >= 4 is 88.3 Å². The second-order valence-electron chi connectivity index (χ2n) is 28.2. The smallest absolute Gasteiger partial charge is 0.344 e. The van der Waals surface area contributed by atoms with Gasteiger partial charge in [-0.2, -0.15) is 9.98 Å². The summed E-state index contributed by atoms with van der Waals surface area (Å²) in [5.41, 5.74) is 30.5. The molecule has 114 heavy (non-hydrogen) atoms.